The molecule has 4 heteroatoms. The van der Waals surface area contributed by atoms with Crippen LogP contribution in [0.1, 0.15) is 56.6 Å². The highest BCUT2D eigenvalue weighted by atomic mass is 19.1. The molecule has 0 bridgehead atoms. The van der Waals surface area contributed by atoms with Gasteiger partial charge in [-0.1, -0.05) is 31.4 Å². The van der Waals surface area contributed by atoms with Crippen LogP contribution in [-0.4, -0.2) is 23.5 Å². The van der Waals surface area contributed by atoms with Crippen LogP contribution in [0.5, 0.6) is 0 Å². The number of hydrazine groups is 1. The standard InChI is InChI=1S/C17H26FN3/c18-15-8-6-7-14(13-15)16(20-19)17(9-2-3-10-17)21-11-4-1-5-12-21/h6-8,13,16,20H,1-5,9-12,19H2. The molecule has 1 atom stereocenters. The van der Waals surface area contributed by atoms with Gasteiger partial charge in [0.1, 0.15) is 5.82 Å². The Morgan fingerprint density at radius 2 is 1.81 bits per heavy atom. The van der Waals surface area contributed by atoms with E-state index in [1.165, 1.54) is 38.2 Å². The normalized spacial score (nSPS) is 24.1. The van der Waals surface area contributed by atoms with Gasteiger partial charge in [-0.2, -0.15) is 0 Å². The number of hydrogen-bond donors (Lipinski definition) is 2. The van der Waals surface area contributed by atoms with Gasteiger partial charge < -0.3 is 0 Å². The summed E-state index contributed by atoms with van der Waals surface area (Å²) >= 11 is 0. The fraction of sp³-hybridized carbons (Fsp3) is 0.647. The van der Waals surface area contributed by atoms with Crippen LogP contribution in [0.4, 0.5) is 4.39 Å². The molecule has 21 heavy (non-hydrogen) atoms. The Morgan fingerprint density at radius 3 is 2.43 bits per heavy atom. The van der Waals surface area contributed by atoms with Gasteiger partial charge in [0.2, 0.25) is 0 Å². The van der Waals surface area contributed by atoms with Crippen molar-refractivity contribution in [1.29, 1.82) is 0 Å². The molecule has 3 N–H and O–H groups in total. The third-order valence-corrected chi connectivity index (χ3v) is 5.34. The molecule has 1 heterocycles. The van der Waals surface area contributed by atoms with E-state index in [2.05, 4.69) is 10.3 Å². The first-order valence-corrected chi connectivity index (χ1v) is 8.23. The molecule has 1 aromatic rings. The molecule has 1 saturated carbocycles. The molecule has 1 unspecified atom stereocenters. The molecule has 1 saturated heterocycles. The summed E-state index contributed by atoms with van der Waals surface area (Å²) in [6, 6.07) is 6.92. The topological polar surface area (TPSA) is 41.3 Å². The minimum Gasteiger partial charge on any atom is -0.296 e. The minimum absolute atomic E-state index is 0.00815. The summed E-state index contributed by atoms with van der Waals surface area (Å²) in [6.45, 7) is 2.29. The molecule has 0 spiro atoms. The van der Waals surface area contributed by atoms with E-state index in [0.717, 1.165) is 31.5 Å². The maximum Gasteiger partial charge on any atom is 0.123 e. The predicted molar refractivity (Wildman–Crippen MR) is 83.1 cm³/mol. The highest BCUT2D eigenvalue weighted by Gasteiger charge is 2.46. The Morgan fingerprint density at radius 1 is 1.10 bits per heavy atom. The number of nitrogens with one attached hydrogen (secondary N) is 1. The second-order valence-corrected chi connectivity index (χ2v) is 6.51. The number of nitrogens with zero attached hydrogens (tertiary/aromatic N) is 1. The maximum absolute atomic E-state index is 13.6. The molecule has 0 amide bonds. The molecule has 2 fully saturated rings. The molecule has 3 nitrogen and oxygen atoms in total. The molecule has 1 aromatic carbocycles. The van der Waals surface area contributed by atoms with Gasteiger partial charge in [0.15, 0.2) is 0 Å². The Balaban J connectivity index is 1.93. The number of likely N-dealkylation sites (tertiary alicyclic amines) is 1. The van der Waals surface area contributed by atoms with E-state index in [1.807, 2.05) is 6.07 Å². The summed E-state index contributed by atoms with van der Waals surface area (Å²) in [5.74, 6) is 5.75. The lowest BCUT2D eigenvalue weighted by Crippen LogP contribution is -2.57. The quantitative estimate of drug-likeness (QED) is 0.661. The summed E-state index contributed by atoms with van der Waals surface area (Å²) in [5, 5.41) is 0. The largest absolute Gasteiger partial charge is 0.296 e. The number of halogens is 1. The van der Waals surface area contributed by atoms with E-state index in [0.29, 0.717) is 0 Å². The maximum atomic E-state index is 13.6. The first kappa shape index (κ1) is 14.9. The van der Waals surface area contributed by atoms with E-state index >= 15 is 0 Å². The van der Waals surface area contributed by atoms with E-state index < -0.39 is 0 Å². The molecule has 2 aliphatic rings. The summed E-state index contributed by atoms with van der Waals surface area (Å²) in [7, 11) is 0. The van der Waals surface area contributed by atoms with Crippen molar-refractivity contribution in [3.63, 3.8) is 0 Å². The van der Waals surface area contributed by atoms with Gasteiger partial charge in [0.05, 0.1) is 6.04 Å². The lowest BCUT2D eigenvalue weighted by Gasteiger charge is -2.48. The van der Waals surface area contributed by atoms with Gasteiger partial charge >= 0.3 is 0 Å². The average molecular weight is 291 g/mol. The van der Waals surface area contributed by atoms with Crippen molar-refractivity contribution in [3.05, 3.63) is 35.6 Å². The Labute approximate surface area is 126 Å². The van der Waals surface area contributed by atoms with E-state index in [1.54, 1.807) is 12.1 Å². The zero-order valence-corrected chi connectivity index (χ0v) is 12.7. The van der Waals surface area contributed by atoms with E-state index in [-0.39, 0.29) is 17.4 Å². The van der Waals surface area contributed by atoms with E-state index in [4.69, 9.17) is 5.84 Å². The number of hydrogen-bond acceptors (Lipinski definition) is 3. The predicted octanol–water partition coefficient (Wildman–Crippen LogP) is 3.13. The first-order chi connectivity index (χ1) is 10.3. The first-order valence-electron chi connectivity index (χ1n) is 8.23. The van der Waals surface area contributed by atoms with Gasteiger partial charge in [-0.3, -0.25) is 16.2 Å². The summed E-state index contributed by atoms with van der Waals surface area (Å²) in [5.41, 5.74) is 4.05. The van der Waals surface area contributed by atoms with Crippen LogP contribution in [0.25, 0.3) is 0 Å². The molecule has 1 aliphatic carbocycles. The second kappa shape index (κ2) is 6.42. The van der Waals surface area contributed by atoms with Crippen LogP contribution >= 0.6 is 0 Å². The SMILES string of the molecule is NNC(c1cccc(F)c1)C1(N2CCCCC2)CCCC1. The molecule has 0 aromatic heterocycles. The molecule has 1 aliphatic heterocycles. The zero-order valence-electron chi connectivity index (χ0n) is 12.7. The third-order valence-electron chi connectivity index (χ3n) is 5.34. The smallest absolute Gasteiger partial charge is 0.123 e. The van der Waals surface area contributed by atoms with Crippen LogP contribution in [0.15, 0.2) is 24.3 Å². The fourth-order valence-electron chi connectivity index (χ4n) is 4.36. The lowest BCUT2D eigenvalue weighted by molar-refractivity contribution is 0.0359. The number of nitrogens with two attached hydrogens (primary N) is 1. The molecule has 0 radical (unpaired) electrons. The van der Waals surface area contributed by atoms with Crippen molar-refractivity contribution in [2.24, 2.45) is 5.84 Å². The van der Waals surface area contributed by atoms with Crippen molar-refractivity contribution in [3.8, 4) is 0 Å². The van der Waals surface area contributed by atoms with Crippen molar-refractivity contribution >= 4 is 0 Å². The summed E-state index contributed by atoms with van der Waals surface area (Å²) < 4.78 is 13.6. The van der Waals surface area contributed by atoms with Crippen molar-refractivity contribution in [2.45, 2.75) is 56.5 Å². The number of benzene rings is 1. The van der Waals surface area contributed by atoms with Crippen molar-refractivity contribution < 1.29 is 4.39 Å². The van der Waals surface area contributed by atoms with Crippen molar-refractivity contribution in [2.75, 3.05) is 13.1 Å². The Kier molecular flexibility index (Phi) is 4.57. The van der Waals surface area contributed by atoms with Gasteiger partial charge in [0, 0.05) is 5.54 Å². The third kappa shape index (κ3) is 2.85. The van der Waals surface area contributed by atoms with Crippen LogP contribution in [0.2, 0.25) is 0 Å². The van der Waals surface area contributed by atoms with Gasteiger partial charge in [0.25, 0.3) is 0 Å². The van der Waals surface area contributed by atoms with Crippen LogP contribution in [-0.2, 0) is 0 Å². The highest BCUT2D eigenvalue weighted by molar-refractivity contribution is 5.25. The zero-order chi connectivity index (χ0) is 14.7. The van der Waals surface area contributed by atoms with Gasteiger partial charge in [-0.05, 0) is 56.5 Å². The van der Waals surface area contributed by atoms with Crippen molar-refractivity contribution in [1.82, 2.24) is 10.3 Å². The second-order valence-electron chi connectivity index (χ2n) is 6.51. The monoisotopic (exact) mass is 291 g/mol. The number of rotatable bonds is 4. The number of piperidine rings is 1. The Bertz CT molecular complexity index is 465. The average Bonchev–Trinajstić information content (AvgIpc) is 3.00. The van der Waals surface area contributed by atoms with Crippen LogP contribution < -0.4 is 11.3 Å². The Hall–Kier alpha value is -0.970. The molecule has 116 valence electrons. The molecular weight excluding hydrogens is 265 g/mol. The minimum atomic E-state index is -0.181. The van der Waals surface area contributed by atoms with Gasteiger partial charge in [-0.15, -0.1) is 0 Å². The van der Waals surface area contributed by atoms with Crippen LogP contribution in [0, 0.1) is 5.82 Å². The fourth-order valence-corrected chi connectivity index (χ4v) is 4.36. The summed E-state index contributed by atoms with van der Waals surface area (Å²) in [6.07, 6.45) is 8.64. The van der Waals surface area contributed by atoms with Gasteiger partial charge in [-0.25, -0.2) is 4.39 Å². The highest BCUT2D eigenvalue weighted by Crippen LogP contribution is 2.45. The van der Waals surface area contributed by atoms with E-state index in [9.17, 15) is 4.39 Å². The van der Waals surface area contributed by atoms with Crippen LogP contribution in [0.3, 0.4) is 0 Å². The molecule has 3 rings (SSSR count). The summed E-state index contributed by atoms with van der Waals surface area (Å²) in [4.78, 5) is 2.62. The lowest BCUT2D eigenvalue weighted by atomic mass is 9.81. The molecular formula is C17H26FN3.